The van der Waals surface area contributed by atoms with Crippen molar-refractivity contribution in [2.24, 2.45) is 5.92 Å². The van der Waals surface area contributed by atoms with Gasteiger partial charge in [0.25, 0.3) is 5.91 Å². The van der Waals surface area contributed by atoms with E-state index in [2.05, 4.69) is 22.4 Å². The van der Waals surface area contributed by atoms with E-state index in [0.717, 1.165) is 28.9 Å². The highest BCUT2D eigenvalue weighted by Gasteiger charge is 2.14. The van der Waals surface area contributed by atoms with Crippen LogP contribution in [-0.2, 0) is 6.42 Å². The molecule has 0 aliphatic heterocycles. The minimum atomic E-state index is -0.0914. The Morgan fingerprint density at radius 2 is 1.77 bits per heavy atom. The molecule has 2 aromatic carbocycles. The Balaban J connectivity index is 1.42. The Hall–Kier alpha value is -2.68. The van der Waals surface area contributed by atoms with E-state index >= 15 is 0 Å². The Morgan fingerprint density at radius 3 is 2.58 bits per heavy atom. The number of amides is 1. The normalized spacial score (nSPS) is 15.1. The van der Waals surface area contributed by atoms with Gasteiger partial charge in [-0.2, -0.15) is 0 Å². The minimum absolute atomic E-state index is 0.0914. The molecule has 132 valence electrons. The van der Waals surface area contributed by atoms with Crippen molar-refractivity contribution in [2.45, 2.75) is 38.5 Å². The number of nitrogens with one attached hydrogen (secondary N) is 1. The molecule has 1 amide bonds. The largest absolute Gasteiger partial charge is 0.321 e. The van der Waals surface area contributed by atoms with Crippen LogP contribution in [-0.4, -0.2) is 10.9 Å². The molecule has 26 heavy (non-hydrogen) atoms. The van der Waals surface area contributed by atoms with Crippen LogP contribution < -0.4 is 5.32 Å². The van der Waals surface area contributed by atoms with Crippen LogP contribution in [0.25, 0.3) is 10.9 Å². The monoisotopic (exact) mass is 344 g/mol. The number of hydrogen-bond donors (Lipinski definition) is 1. The zero-order chi connectivity index (χ0) is 17.8. The van der Waals surface area contributed by atoms with E-state index in [1.807, 2.05) is 42.5 Å². The average Bonchev–Trinajstić information content (AvgIpc) is 2.69. The summed E-state index contributed by atoms with van der Waals surface area (Å²) in [5.74, 6) is 0.721. The number of fused-ring (bicyclic) bond motifs is 1. The van der Waals surface area contributed by atoms with Crippen molar-refractivity contribution >= 4 is 22.5 Å². The van der Waals surface area contributed by atoms with Crippen molar-refractivity contribution in [3.05, 3.63) is 71.9 Å². The lowest BCUT2D eigenvalue weighted by Crippen LogP contribution is -2.12. The smallest absolute Gasteiger partial charge is 0.255 e. The number of carbonyl (C=O) groups is 1. The average molecular weight is 344 g/mol. The third kappa shape index (κ3) is 3.93. The number of aromatic nitrogens is 1. The number of para-hydroxylation sites is 1. The summed E-state index contributed by atoms with van der Waals surface area (Å²) < 4.78 is 0. The van der Waals surface area contributed by atoms with E-state index in [9.17, 15) is 4.79 Å². The fourth-order valence-electron chi connectivity index (χ4n) is 3.86. The molecule has 3 heteroatoms. The van der Waals surface area contributed by atoms with Crippen LogP contribution in [0.1, 0.15) is 48.0 Å². The van der Waals surface area contributed by atoms with Crippen LogP contribution in [0, 0.1) is 5.92 Å². The van der Waals surface area contributed by atoms with E-state index in [4.69, 9.17) is 0 Å². The van der Waals surface area contributed by atoms with Crippen LogP contribution in [0.2, 0.25) is 0 Å². The van der Waals surface area contributed by atoms with E-state index in [1.54, 1.807) is 6.20 Å². The van der Waals surface area contributed by atoms with Gasteiger partial charge in [0.2, 0.25) is 0 Å². The van der Waals surface area contributed by atoms with E-state index in [1.165, 1.54) is 37.7 Å². The zero-order valence-electron chi connectivity index (χ0n) is 14.9. The molecule has 1 aromatic heterocycles. The number of rotatable bonds is 4. The van der Waals surface area contributed by atoms with Crippen molar-refractivity contribution in [3.8, 4) is 0 Å². The Bertz CT molecular complexity index is 895. The maximum atomic E-state index is 12.5. The Morgan fingerprint density at radius 1 is 1.00 bits per heavy atom. The summed E-state index contributed by atoms with van der Waals surface area (Å²) in [5, 5.41) is 3.97. The fraction of sp³-hybridized carbons (Fsp3) is 0.304. The van der Waals surface area contributed by atoms with Crippen LogP contribution in [0.15, 0.2) is 60.8 Å². The molecular formula is C23H24N2O. The molecule has 1 aliphatic rings. The van der Waals surface area contributed by atoms with Crippen LogP contribution in [0.3, 0.4) is 0 Å². The second-order valence-electron chi connectivity index (χ2n) is 7.28. The van der Waals surface area contributed by atoms with Crippen LogP contribution >= 0.6 is 0 Å². The number of nitrogens with zero attached hydrogens (tertiary/aromatic N) is 1. The molecule has 0 atom stereocenters. The molecule has 0 radical (unpaired) electrons. The van der Waals surface area contributed by atoms with Crippen molar-refractivity contribution in [1.29, 1.82) is 0 Å². The van der Waals surface area contributed by atoms with Gasteiger partial charge in [0.15, 0.2) is 0 Å². The molecule has 1 fully saturated rings. The molecule has 1 saturated carbocycles. The van der Waals surface area contributed by atoms with Gasteiger partial charge in [-0.05, 0) is 42.2 Å². The predicted octanol–water partition coefficient (Wildman–Crippen LogP) is 5.61. The quantitative estimate of drug-likeness (QED) is 0.668. The van der Waals surface area contributed by atoms with E-state index in [0.29, 0.717) is 5.56 Å². The molecule has 0 saturated heterocycles. The number of pyridine rings is 1. The molecule has 3 aromatic rings. The number of anilines is 1. The SMILES string of the molecule is O=C(Nc1cnc2ccccc2c1)c1ccc(CC2CCCCC2)cc1. The van der Waals surface area contributed by atoms with E-state index in [-0.39, 0.29) is 5.91 Å². The maximum absolute atomic E-state index is 12.5. The number of benzene rings is 2. The van der Waals surface area contributed by atoms with Gasteiger partial charge < -0.3 is 5.32 Å². The van der Waals surface area contributed by atoms with Gasteiger partial charge >= 0.3 is 0 Å². The molecule has 4 rings (SSSR count). The zero-order valence-corrected chi connectivity index (χ0v) is 14.9. The van der Waals surface area contributed by atoms with Crippen molar-refractivity contribution < 1.29 is 4.79 Å². The first-order valence-corrected chi connectivity index (χ1v) is 9.53. The molecule has 3 nitrogen and oxygen atoms in total. The first kappa shape index (κ1) is 16.8. The molecule has 0 spiro atoms. The lowest BCUT2D eigenvalue weighted by molar-refractivity contribution is 0.102. The Kier molecular flexibility index (Phi) is 4.96. The van der Waals surface area contributed by atoms with Gasteiger partial charge in [-0.15, -0.1) is 0 Å². The third-order valence-electron chi connectivity index (χ3n) is 5.31. The molecule has 1 N–H and O–H groups in total. The second-order valence-corrected chi connectivity index (χ2v) is 7.28. The van der Waals surface area contributed by atoms with Crippen LogP contribution in [0.5, 0.6) is 0 Å². The van der Waals surface area contributed by atoms with Gasteiger partial charge in [-0.1, -0.05) is 62.4 Å². The standard InChI is InChI=1S/C23H24N2O/c26-23(25-21-15-20-8-4-5-9-22(20)24-16-21)19-12-10-18(11-13-19)14-17-6-2-1-3-7-17/h4-5,8-13,15-17H,1-3,6-7,14H2,(H,25,26). The first-order chi connectivity index (χ1) is 12.8. The highest BCUT2D eigenvalue weighted by Crippen LogP contribution is 2.27. The first-order valence-electron chi connectivity index (χ1n) is 9.53. The summed E-state index contributed by atoms with van der Waals surface area (Å²) in [5.41, 5.74) is 3.67. The third-order valence-corrected chi connectivity index (χ3v) is 5.31. The van der Waals surface area contributed by atoms with Crippen molar-refractivity contribution in [1.82, 2.24) is 4.98 Å². The van der Waals surface area contributed by atoms with Gasteiger partial charge in [-0.25, -0.2) is 0 Å². The minimum Gasteiger partial charge on any atom is -0.321 e. The summed E-state index contributed by atoms with van der Waals surface area (Å²) in [7, 11) is 0. The lowest BCUT2D eigenvalue weighted by Gasteiger charge is -2.21. The van der Waals surface area contributed by atoms with Crippen LogP contribution in [0.4, 0.5) is 5.69 Å². The summed E-state index contributed by atoms with van der Waals surface area (Å²) in [6.07, 6.45) is 9.65. The topological polar surface area (TPSA) is 42.0 Å². The second kappa shape index (κ2) is 7.69. The molecular weight excluding hydrogens is 320 g/mol. The maximum Gasteiger partial charge on any atom is 0.255 e. The van der Waals surface area contributed by atoms with Crippen molar-refractivity contribution in [2.75, 3.05) is 5.32 Å². The predicted molar refractivity (Wildman–Crippen MR) is 106 cm³/mol. The number of carbonyl (C=O) groups excluding carboxylic acids is 1. The van der Waals surface area contributed by atoms with E-state index < -0.39 is 0 Å². The highest BCUT2D eigenvalue weighted by molar-refractivity contribution is 6.04. The summed E-state index contributed by atoms with van der Waals surface area (Å²) in [6.45, 7) is 0. The van der Waals surface area contributed by atoms with Gasteiger partial charge in [0.05, 0.1) is 17.4 Å². The van der Waals surface area contributed by atoms with Gasteiger partial charge in [0, 0.05) is 10.9 Å². The Labute approximate surface area is 154 Å². The molecule has 1 heterocycles. The summed E-state index contributed by atoms with van der Waals surface area (Å²) in [4.78, 5) is 16.9. The molecule has 1 aliphatic carbocycles. The lowest BCUT2D eigenvalue weighted by atomic mass is 9.85. The number of hydrogen-bond acceptors (Lipinski definition) is 2. The highest BCUT2D eigenvalue weighted by atomic mass is 16.1. The fourth-order valence-corrected chi connectivity index (χ4v) is 3.86. The summed E-state index contributed by atoms with van der Waals surface area (Å²) >= 11 is 0. The summed E-state index contributed by atoms with van der Waals surface area (Å²) in [6, 6.07) is 17.9. The molecule has 0 bridgehead atoms. The molecule has 0 unspecified atom stereocenters. The van der Waals surface area contributed by atoms with Gasteiger partial charge in [0.1, 0.15) is 0 Å². The van der Waals surface area contributed by atoms with Gasteiger partial charge in [-0.3, -0.25) is 9.78 Å². The van der Waals surface area contributed by atoms with Crippen molar-refractivity contribution in [3.63, 3.8) is 0 Å².